The van der Waals surface area contributed by atoms with Crippen molar-refractivity contribution < 1.29 is 17.9 Å². The van der Waals surface area contributed by atoms with Crippen molar-refractivity contribution >= 4 is 5.69 Å². The Morgan fingerprint density at radius 2 is 2.12 bits per heavy atom. The summed E-state index contributed by atoms with van der Waals surface area (Å²) >= 11 is 0. The van der Waals surface area contributed by atoms with Crippen molar-refractivity contribution in [2.75, 3.05) is 5.73 Å². The molecule has 17 heavy (non-hydrogen) atoms. The summed E-state index contributed by atoms with van der Waals surface area (Å²) in [4.78, 5) is 0. The molecule has 2 N–H and O–H groups in total. The molecule has 0 aliphatic carbocycles. The van der Waals surface area contributed by atoms with Crippen LogP contribution in [0.15, 0.2) is 18.2 Å². The van der Waals surface area contributed by atoms with E-state index in [4.69, 9.17) is 15.7 Å². The second-order valence-corrected chi connectivity index (χ2v) is 3.40. The summed E-state index contributed by atoms with van der Waals surface area (Å²) in [5, 5.41) is 8.65. The third kappa shape index (κ3) is 3.28. The van der Waals surface area contributed by atoms with Crippen molar-refractivity contribution in [2.45, 2.75) is 25.6 Å². The molecule has 0 aromatic heterocycles. The summed E-state index contributed by atoms with van der Waals surface area (Å²) < 4.78 is 43.0. The number of nitriles is 1. The number of hydrogen-bond acceptors (Lipinski definition) is 3. The lowest BCUT2D eigenvalue weighted by molar-refractivity contribution is -0.139. The Morgan fingerprint density at radius 1 is 1.47 bits per heavy atom. The lowest BCUT2D eigenvalue weighted by Crippen LogP contribution is -2.16. The average Bonchev–Trinajstić information content (AvgIpc) is 2.26. The van der Waals surface area contributed by atoms with Gasteiger partial charge in [0.25, 0.3) is 0 Å². The predicted molar refractivity (Wildman–Crippen MR) is 56.2 cm³/mol. The summed E-state index contributed by atoms with van der Waals surface area (Å²) in [7, 11) is 0. The van der Waals surface area contributed by atoms with Gasteiger partial charge in [0.2, 0.25) is 0 Å². The second-order valence-electron chi connectivity index (χ2n) is 3.40. The number of halogens is 3. The first-order valence-electron chi connectivity index (χ1n) is 4.91. The maximum atomic E-state index is 12.7. The summed E-state index contributed by atoms with van der Waals surface area (Å²) in [6.07, 6.45) is -5.16. The van der Waals surface area contributed by atoms with Gasteiger partial charge in [0.05, 0.1) is 5.56 Å². The van der Waals surface area contributed by atoms with Crippen molar-refractivity contribution in [1.29, 1.82) is 5.26 Å². The van der Waals surface area contributed by atoms with Gasteiger partial charge in [-0.15, -0.1) is 0 Å². The van der Waals surface area contributed by atoms with Gasteiger partial charge in [0.1, 0.15) is 11.8 Å². The molecule has 0 fully saturated rings. The molecule has 92 valence electrons. The zero-order chi connectivity index (χ0) is 13.1. The fraction of sp³-hybridized carbons (Fsp3) is 0.364. The van der Waals surface area contributed by atoms with E-state index in [1.807, 2.05) is 0 Å². The van der Waals surface area contributed by atoms with E-state index >= 15 is 0 Å². The quantitative estimate of drug-likeness (QED) is 0.831. The highest BCUT2D eigenvalue weighted by molar-refractivity contribution is 5.49. The van der Waals surface area contributed by atoms with Crippen LogP contribution < -0.4 is 10.5 Å². The number of nitrogens with zero attached hydrogens (tertiary/aromatic N) is 1. The fourth-order valence-corrected chi connectivity index (χ4v) is 1.23. The van der Waals surface area contributed by atoms with E-state index in [0.717, 1.165) is 12.1 Å². The third-order valence-electron chi connectivity index (χ3n) is 2.09. The monoisotopic (exact) mass is 244 g/mol. The third-order valence-corrected chi connectivity index (χ3v) is 2.09. The van der Waals surface area contributed by atoms with Crippen LogP contribution in [0.3, 0.4) is 0 Å². The number of anilines is 1. The van der Waals surface area contributed by atoms with E-state index in [1.165, 1.54) is 6.07 Å². The van der Waals surface area contributed by atoms with E-state index in [1.54, 1.807) is 13.0 Å². The van der Waals surface area contributed by atoms with Gasteiger partial charge < -0.3 is 10.5 Å². The lowest BCUT2D eigenvalue weighted by atomic mass is 10.1. The van der Waals surface area contributed by atoms with Crippen molar-refractivity contribution in [3.8, 4) is 11.8 Å². The smallest absolute Gasteiger partial charge is 0.420 e. The second kappa shape index (κ2) is 4.95. The topological polar surface area (TPSA) is 59.0 Å². The Bertz CT molecular complexity index is 437. The van der Waals surface area contributed by atoms with Crippen LogP contribution in [-0.4, -0.2) is 6.10 Å². The molecule has 6 heteroatoms. The Morgan fingerprint density at radius 3 is 2.59 bits per heavy atom. The largest absolute Gasteiger partial charge is 0.475 e. The normalized spacial score (nSPS) is 12.9. The summed E-state index contributed by atoms with van der Waals surface area (Å²) in [6, 6.07) is 4.99. The fourth-order valence-electron chi connectivity index (χ4n) is 1.23. The van der Waals surface area contributed by atoms with E-state index in [2.05, 4.69) is 0 Å². The SMILES string of the molecule is CCC(C#N)Oc1ccc(N)cc1C(F)(F)F. The number of nitrogens with two attached hydrogens (primary N) is 1. The van der Waals surface area contributed by atoms with Crippen LogP contribution in [0.2, 0.25) is 0 Å². The van der Waals surface area contributed by atoms with Crippen molar-refractivity contribution in [3.05, 3.63) is 23.8 Å². The summed E-state index contributed by atoms with van der Waals surface area (Å²) in [5.74, 6) is -0.375. The van der Waals surface area contributed by atoms with Gasteiger partial charge in [0.15, 0.2) is 6.10 Å². The molecule has 1 rings (SSSR count). The van der Waals surface area contributed by atoms with Gasteiger partial charge in [0, 0.05) is 5.69 Å². The first-order chi connectivity index (χ1) is 7.88. The zero-order valence-electron chi connectivity index (χ0n) is 9.08. The van der Waals surface area contributed by atoms with Gasteiger partial charge in [-0.05, 0) is 24.6 Å². The molecule has 0 aliphatic rings. The van der Waals surface area contributed by atoms with Crippen LogP contribution in [-0.2, 0) is 6.18 Å². The van der Waals surface area contributed by atoms with Crippen LogP contribution in [0.1, 0.15) is 18.9 Å². The van der Waals surface area contributed by atoms with Crippen LogP contribution in [0.25, 0.3) is 0 Å². The molecule has 0 saturated carbocycles. The van der Waals surface area contributed by atoms with E-state index in [0.29, 0.717) is 6.42 Å². The van der Waals surface area contributed by atoms with Crippen LogP contribution >= 0.6 is 0 Å². The molecular weight excluding hydrogens is 233 g/mol. The summed E-state index contributed by atoms with van der Waals surface area (Å²) in [5.41, 5.74) is 4.33. The Kier molecular flexibility index (Phi) is 3.84. The standard InChI is InChI=1S/C11H11F3N2O/c1-2-8(6-15)17-10-4-3-7(16)5-9(10)11(12,13)14/h3-5,8H,2,16H2,1H3. The highest BCUT2D eigenvalue weighted by Crippen LogP contribution is 2.37. The molecule has 0 amide bonds. The minimum atomic E-state index is -4.56. The highest BCUT2D eigenvalue weighted by atomic mass is 19.4. The molecule has 0 spiro atoms. The molecule has 0 radical (unpaired) electrons. The van der Waals surface area contributed by atoms with Crippen LogP contribution in [0.5, 0.6) is 5.75 Å². The van der Waals surface area contributed by atoms with Crippen molar-refractivity contribution in [2.24, 2.45) is 0 Å². The van der Waals surface area contributed by atoms with Crippen molar-refractivity contribution in [3.63, 3.8) is 0 Å². The maximum absolute atomic E-state index is 12.7. The van der Waals surface area contributed by atoms with Crippen LogP contribution in [0, 0.1) is 11.3 Å². The highest BCUT2D eigenvalue weighted by Gasteiger charge is 2.35. The molecule has 3 nitrogen and oxygen atoms in total. The lowest BCUT2D eigenvalue weighted by Gasteiger charge is -2.16. The number of ether oxygens (including phenoxy) is 1. The number of nitrogen functional groups attached to an aromatic ring is 1. The number of benzene rings is 1. The minimum absolute atomic E-state index is 0.00492. The van der Waals surface area contributed by atoms with Gasteiger partial charge >= 0.3 is 6.18 Å². The molecule has 0 saturated heterocycles. The molecule has 1 aromatic rings. The first-order valence-corrected chi connectivity index (χ1v) is 4.91. The van der Waals surface area contributed by atoms with E-state index < -0.39 is 17.8 Å². The van der Waals surface area contributed by atoms with Crippen LogP contribution in [0.4, 0.5) is 18.9 Å². The average molecular weight is 244 g/mol. The first kappa shape index (κ1) is 13.2. The number of alkyl halides is 3. The molecule has 0 aliphatic heterocycles. The molecule has 1 aromatic carbocycles. The Hall–Kier alpha value is -1.90. The number of rotatable bonds is 3. The van der Waals surface area contributed by atoms with E-state index in [9.17, 15) is 13.2 Å². The minimum Gasteiger partial charge on any atom is -0.475 e. The molecular formula is C11H11F3N2O. The van der Waals surface area contributed by atoms with E-state index in [-0.39, 0.29) is 11.4 Å². The molecule has 1 atom stereocenters. The summed E-state index contributed by atoms with van der Waals surface area (Å²) in [6.45, 7) is 1.65. The maximum Gasteiger partial charge on any atom is 0.420 e. The Balaban J connectivity index is 3.12. The molecule has 1 unspecified atom stereocenters. The molecule has 0 bridgehead atoms. The van der Waals surface area contributed by atoms with Gasteiger partial charge in [-0.3, -0.25) is 0 Å². The van der Waals surface area contributed by atoms with Gasteiger partial charge in [-0.2, -0.15) is 18.4 Å². The Labute approximate surface area is 96.6 Å². The van der Waals surface area contributed by atoms with Crippen molar-refractivity contribution in [1.82, 2.24) is 0 Å². The number of hydrogen-bond donors (Lipinski definition) is 1. The zero-order valence-corrected chi connectivity index (χ0v) is 9.08. The van der Waals surface area contributed by atoms with Gasteiger partial charge in [-0.1, -0.05) is 6.92 Å². The predicted octanol–water partition coefficient (Wildman–Crippen LogP) is 2.97. The molecule has 0 heterocycles. The van der Waals surface area contributed by atoms with Gasteiger partial charge in [-0.25, -0.2) is 0 Å².